The smallest absolute Gasteiger partial charge is 0.273 e. The van der Waals surface area contributed by atoms with Crippen molar-refractivity contribution in [2.45, 2.75) is 6.42 Å². The minimum absolute atomic E-state index is 0.0158. The van der Waals surface area contributed by atoms with Gasteiger partial charge >= 0.3 is 0 Å². The van der Waals surface area contributed by atoms with Crippen LogP contribution in [0.2, 0.25) is 0 Å². The number of nitrogens with zero attached hydrogens (tertiary/aromatic N) is 3. The van der Waals surface area contributed by atoms with Crippen LogP contribution in [0.25, 0.3) is 21.3 Å². The molecule has 0 fully saturated rings. The predicted octanol–water partition coefficient (Wildman–Crippen LogP) is 5.25. The van der Waals surface area contributed by atoms with E-state index in [-0.39, 0.29) is 11.5 Å². The first-order chi connectivity index (χ1) is 14.6. The summed E-state index contributed by atoms with van der Waals surface area (Å²) in [6.45, 7) is 0.684. The molecule has 0 spiro atoms. The third-order valence-electron chi connectivity index (χ3n) is 4.32. The number of benzene rings is 2. The lowest BCUT2D eigenvalue weighted by molar-refractivity contribution is -0.384. The van der Waals surface area contributed by atoms with Crippen molar-refractivity contribution in [3.8, 4) is 22.8 Å². The Kier molecular flexibility index (Phi) is 5.80. The van der Waals surface area contributed by atoms with E-state index in [2.05, 4.69) is 9.97 Å². The largest absolute Gasteiger partial charge is 0.493 e. The number of aromatic nitrogens is 2. The standard InChI is InChI=1S/C21H16FN3O4S/c22-15-7-5-14(6-8-15)18-12-30-21-19(18)20(23-13-24-21)29-10-2-9-28-17-4-1-3-16(11-17)25(26)27/h1,3-8,11-13H,2,9-10H2. The van der Waals surface area contributed by atoms with Gasteiger partial charge < -0.3 is 9.47 Å². The van der Waals surface area contributed by atoms with Crippen LogP contribution in [0, 0.1) is 15.9 Å². The molecule has 2 aromatic heterocycles. The SMILES string of the molecule is O=[N+]([O-])c1cccc(OCCCOc2ncnc3scc(-c4ccc(F)cc4)c23)c1. The van der Waals surface area contributed by atoms with E-state index in [1.165, 1.54) is 41.9 Å². The molecule has 0 saturated carbocycles. The van der Waals surface area contributed by atoms with Crippen molar-refractivity contribution < 1.29 is 18.8 Å². The molecule has 2 heterocycles. The van der Waals surface area contributed by atoms with Crippen LogP contribution in [-0.4, -0.2) is 28.1 Å². The van der Waals surface area contributed by atoms with Gasteiger partial charge in [-0.05, 0) is 23.8 Å². The highest BCUT2D eigenvalue weighted by Crippen LogP contribution is 2.37. The Balaban J connectivity index is 1.41. The van der Waals surface area contributed by atoms with Crippen molar-refractivity contribution in [3.05, 3.63) is 76.2 Å². The molecule has 30 heavy (non-hydrogen) atoms. The number of hydrogen-bond acceptors (Lipinski definition) is 7. The highest BCUT2D eigenvalue weighted by Gasteiger charge is 2.14. The normalized spacial score (nSPS) is 10.8. The average molecular weight is 425 g/mol. The molecule has 152 valence electrons. The molecular weight excluding hydrogens is 409 g/mol. The number of fused-ring (bicyclic) bond motifs is 1. The average Bonchev–Trinajstić information content (AvgIpc) is 3.19. The first-order valence-corrected chi connectivity index (χ1v) is 9.98. The maximum absolute atomic E-state index is 13.3. The third kappa shape index (κ3) is 4.36. The predicted molar refractivity (Wildman–Crippen MR) is 112 cm³/mol. The van der Waals surface area contributed by atoms with Crippen molar-refractivity contribution >= 4 is 27.2 Å². The van der Waals surface area contributed by atoms with Crippen LogP contribution in [0.4, 0.5) is 10.1 Å². The number of rotatable bonds is 8. The lowest BCUT2D eigenvalue weighted by Gasteiger charge is -2.09. The molecule has 0 unspecified atom stereocenters. The molecule has 4 aromatic rings. The maximum Gasteiger partial charge on any atom is 0.273 e. The van der Waals surface area contributed by atoms with Crippen LogP contribution in [0.1, 0.15) is 6.42 Å². The van der Waals surface area contributed by atoms with Crippen LogP contribution in [0.3, 0.4) is 0 Å². The van der Waals surface area contributed by atoms with Gasteiger partial charge in [0.15, 0.2) is 0 Å². The van der Waals surface area contributed by atoms with Gasteiger partial charge in [0.05, 0.1) is 29.6 Å². The second kappa shape index (κ2) is 8.83. The number of hydrogen-bond donors (Lipinski definition) is 0. The minimum Gasteiger partial charge on any atom is -0.493 e. The molecule has 0 radical (unpaired) electrons. The maximum atomic E-state index is 13.3. The van der Waals surface area contributed by atoms with Crippen molar-refractivity contribution in [2.75, 3.05) is 13.2 Å². The zero-order valence-corrected chi connectivity index (χ0v) is 16.5. The fraction of sp³-hybridized carbons (Fsp3) is 0.143. The quantitative estimate of drug-likeness (QED) is 0.218. The van der Waals surface area contributed by atoms with E-state index in [1.807, 2.05) is 5.38 Å². The summed E-state index contributed by atoms with van der Waals surface area (Å²) in [5.74, 6) is 0.593. The Labute approximate surface area is 174 Å². The third-order valence-corrected chi connectivity index (χ3v) is 5.20. The molecule has 0 N–H and O–H groups in total. The first-order valence-electron chi connectivity index (χ1n) is 9.10. The van der Waals surface area contributed by atoms with E-state index in [4.69, 9.17) is 9.47 Å². The van der Waals surface area contributed by atoms with E-state index in [9.17, 15) is 14.5 Å². The Morgan fingerprint density at radius 2 is 1.87 bits per heavy atom. The summed E-state index contributed by atoms with van der Waals surface area (Å²) in [5, 5.41) is 13.6. The van der Waals surface area contributed by atoms with E-state index in [0.29, 0.717) is 31.3 Å². The summed E-state index contributed by atoms with van der Waals surface area (Å²) < 4.78 is 24.7. The van der Waals surface area contributed by atoms with Gasteiger partial charge in [0, 0.05) is 23.4 Å². The molecule has 0 atom stereocenters. The fourth-order valence-electron chi connectivity index (χ4n) is 2.90. The van der Waals surface area contributed by atoms with E-state index >= 15 is 0 Å². The highest BCUT2D eigenvalue weighted by atomic mass is 32.1. The molecule has 2 aromatic carbocycles. The number of ether oxygens (including phenoxy) is 2. The van der Waals surface area contributed by atoms with E-state index in [1.54, 1.807) is 24.3 Å². The molecule has 0 aliphatic carbocycles. The van der Waals surface area contributed by atoms with Gasteiger partial charge in [-0.2, -0.15) is 0 Å². The van der Waals surface area contributed by atoms with Crippen molar-refractivity contribution in [3.63, 3.8) is 0 Å². The number of nitro groups is 1. The fourth-order valence-corrected chi connectivity index (χ4v) is 3.81. The van der Waals surface area contributed by atoms with Gasteiger partial charge in [0.25, 0.3) is 5.69 Å². The van der Waals surface area contributed by atoms with Crippen molar-refractivity contribution in [2.24, 2.45) is 0 Å². The summed E-state index contributed by atoms with van der Waals surface area (Å²) in [4.78, 5) is 19.7. The van der Waals surface area contributed by atoms with Crippen molar-refractivity contribution in [1.29, 1.82) is 0 Å². The Morgan fingerprint density at radius 1 is 1.07 bits per heavy atom. The van der Waals surface area contributed by atoms with E-state index in [0.717, 1.165) is 21.3 Å². The van der Waals surface area contributed by atoms with Crippen molar-refractivity contribution in [1.82, 2.24) is 9.97 Å². The first kappa shape index (κ1) is 19.7. The molecular formula is C21H16FN3O4S. The van der Waals surface area contributed by atoms with Crippen LogP contribution in [-0.2, 0) is 0 Å². The molecule has 0 amide bonds. The van der Waals surface area contributed by atoms with Gasteiger partial charge in [-0.3, -0.25) is 10.1 Å². The van der Waals surface area contributed by atoms with Gasteiger partial charge in [0.1, 0.15) is 22.7 Å². The number of halogens is 1. The van der Waals surface area contributed by atoms with Gasteiger partial charge in [0.2, 0.25) is 5.88 Å². The molecule has 0 aliphatic heterocycles. The lowest BCUT2D eigenvalue weighted by atomic mass is 10.1. The van der Waals surface area contributed by atoms with Gasteiger partial charge in [-0.15, -0.1) is 11.3 Å². The highest BCUT2D eigenvalue weighted by molar-refractivity contribution is 7.17. The molecule has 0 aliphatic rings. The molecule has 4 rings (SSSR count). The molecule has 9 heteroatoms. The topological polar surface area (TPSA) is 87.4 Å². The van der Waals surface area contributed by atoms with Crippen LogP contribution >= 0.6 is 11.3 Å². The second-order valence-corrected chi connectivity index (χ2v) is 7.18. The monoisotopic (exact) mass is 425 g/mol. The van der Waals surface area contributed by atoms with Gasteiger partial charge in [-0.1, -0.05) is 18.2 Å². The van der Waals surface area contributed by atoms with Crippen LogP contribution < -0.4 is 9.47 Å². The zero-order chi connectivity index (χ0) is 20.9. The number of thiophene rings is 1. The summed E-state index contributed by atoms with van der Waals surface area (Å²) in [6.07, 6.45) is 2.01. The number of non-ortho nitro benzene ring substituents is 1. The Morgan fingerprint density at radius 3 is 2.67 bits per heavy atom. The summed E-state index contributed by atoms with van der Waals surface area (Å²) in [5.41, 5.74) is 1.73. The van der Waals surface area contributed by atoms with E-state index < -0.39 is 4.92 Å². The summed E-state index contributed by atoms with van der Waals surface area (Å²) in [6, 6.07) is 12.3. The summed E-state index contributed by atoms with van der Waals surface area (Å²) in [7, 11) is 0. The minimum atomic E-state index is -0.462. The van der Waals surface area contributed by atoms with Crippen LogP contribution in [0.15, 0.2) is 60.2 Å². The Bertz CT molecular complexity index is 1180. The molecule has 0 bridgehead atoms. The van der Waals surface area contributed by atoms with Gasteiger partial charge in [-0.25, -0.2) is 14.4 Å². The summed E-state index contributed by atoms with van der Waals surface area (Å²) >= 11 is 1.47. The number of nitro benzene ring substituents is 1. The lowest BCUT2D eigenvalue weighted by Crippen LogP contribution is -2.06. The molecule has 0 saturated heterocycles. The molecule has 7 nitrogen and oxygen atoms in total. The second-order valence-electron chi connectivity index (χ2n) is 6.32. The van der Waals surface area contributed by atoms with Crippen LogP contribution in [0.5, 0.6) is 11.6 Å². The zero-order valence-electron chi connectivity index (χ0n) is 15.7. The Hall–Kier alpha value is -3.59.